The Morgan fingerprint density at radius 1 is 1.38 bits per heavy atom. The van der Waals surface area contributed by atoms with E-state index in [4.69, 9.17) is 0 Å². The molecule has 1 N–H and O–H groups in total. The highest BCUT2D eigenvalue weighted by molar-refractivity contribution is 5.80. The van der Waals surface area contributed by atoms with Crippen LogP contribution in [0.4, 0.5) is 0 Å². The highest BCUT2D eigenvalue weighted by Crippen LogP contribution is 2.11. The molecule has 0 radical (unpaired) electrons. The minimum atomic E-state index is -0.940. The lowest BCUT2D eigenvalue weighted by molar-refractivity contribution is -0.134. The van der Waals surface area contributed by atoms with Crippen LogP contribution < -0.4 is 5.56 Å². The Balaban J connectivity index is 2.14. The van der Waals surface area contributed by atoms with E-state index in [0.717, 1.165) is 5.56 Å². The average Bonchev–Trinajstić information content (AvgIpc) is 2.51. The van der Waals surface area contributed by atoms with Crippen LogP contribution in [0.3, 0.4) is 0 Å². The Hall–Kier alpha value is -2.21. The number of benzene rings is 1. The molecule has 0 bridgehead atoms. The van der Waals surface area contributed by atoms with Crippen molar-refractivity contribution in [2.75, 3.05) is 13.1 Å². The van der Waals surface area contributed by atoms with E-state index in [0.29, 0.717) is 17.4 Å². The maximum Gasteiger partial charge on any atom is 0.261 e. The maximum absolute atomic E-state index is 12.5. The summed E-state index contributed by atoms with van der Waals surface area (Å²) in [6.07, 6.45) is 1.69. The van der Waals surface area contributed by atoms with Gasteiger partial charge >= 0.3 is 0 Å². The molecule has 6 nitrogen and oxygen atoms in total. The summed E-state index contributed by atoms with van der Waals surface area (Å²) >= 11 is 0. The third-order valence-electron chi connectivity index (χ3n) is 3.93. The quantitative estimate of drug-likeness (QED) is 0.874. The summed E-state index contributed by atoms with van der Waals surface area (Å²) in [5.41, 5.74) is 0.573. The molecule has 2 rings (SSSR count). The van der Waals surface area contributed by atoms with Crippen molar-refractivity contribution in [2.45, 2.75) is 46.3 Å². The topological polar surface area (TPSA) is 75.4 Å². The molecule has 0 spiro atoms. The zero-order chi connectivity index (χ0) is 17.9. The molecule has 0 fully saturated rings. The predicted molar refractivity (Wildman–Crippen MR) is 93.9 cm³/mol. The summed E-state index contributed by atoms with van der Waals surface area (Å²) in [4.78, 5) is 30.8. The summed E-state index contributed by atoms with van der Waals surface area (Å²) in [5, 5.41) is 10.4. The normalized spacial score (nSPS) is 11.7. The minimum Gasteiger partial charge on any atom is -0.389 e. The number of hydrogen-bond donors (Lipinski definition) is 1. The van der Waals surface area contributed by atoms with E-state index in [-0.39, 0.29) is 31.0 Å². The third kappa shape index (κ3) is 4.20. The van der Waals surface area contributed by atoms with Gasteiger partial charge in [0.05, 0.1) is 22.8 Å². The number of likely N-dealkylation sites (N-methyl/N-ethyl adjacent to an activating group) is 1. The van der Waals surface area contributed by atoms with Gasteiger partial charge in [0.25, 0.3) is 5.56 Å². The highest BCUT2D eigenvalue weighted by atomic mass is 16.3. The molecule has 0 saturated heterocycles. The summed E-state index contributed by atoms with van der Waals surface area (Å²) < 4.78 is 1.47. The second kappa shape index (κ2) is 7.13. The summed E-state index contributed by atoms with van der Waals surface area (Å²) in [5.74, 6) is -0.0872. The second-order valence-electron chi connectivity index (χ2n) is 6.68. The molecule has 0 saturated carbocycles. The molecule has 130 valence electrons. The fraction of sp³-hybridized carbons (Fsp3) is 0.500. The smallest absolute Gasteiger partial charge is 0.261 e. The zero-order valence-corrected chi connectivity index (χ0v) is 14.7. The van der Waals surface area contributed by atoms with Crippen molar-refractivity contribution >= 4 is 16.8 Å². The summed E-state index contributed by atoms with van der Waals surface area (Å²) in [7, 11) is 0. The molecular formula is C18H25N3O3. The fourth-order valence-electron chi connectivity index (χ4n) is 2.71. The highest BCUT2D eigenvalue weighted by Gasteiger charge is 2.21. The van der Waals surface area contributed by atoms with Crippen molar-refractivity contribution in [3.05, 3.63) is 40.4 Å². The second-order valence-corrected chi connectivity index (χ2v) is 6.68. The number of aromatic nitrogens is 2. The number of nitrogens with zero attached hydrogens (tertiary/aromatic N) is 3. The van der Waals surface area contributed by atoms with Gasteiger partial charge in [-0.2, -0.15) is 0 Å². The van der Waals surface area contributed by atoms with E-state index < -0.39 is 5.60 Å². The van der Waals surface area contributed by atoms with Crippen molar-refractivity contribution in [3.8, 4) is 0 Å². The van der Waals surface area contributed by atoms with Crippen LogP contribution >= 0.6 is 0 Å². The largest absolute Gasteiger partial charge is 0.389 e. The van der Waals surface area contributed by atoms with Gasteiger partial charge in [0.2, 0.25) is 5.91 Å². The van der Waals surface area contributed by atoms with E-state index in [1.807, 2.05) is 26.0 Å². The molecule has 24 heavy (non-hydrogen) atoms. The standard InChI is InChI=1S/C18H25N3O3/c1-5-20(11-18(3,4)24)15(22)9-10-21-12-19-16-13(2)7-6-8-14(16)17(21)23/h6-8,12,24H,5,9-11H2,1-4H3. The van der Waals surface area contributed by atoms with Gasteiger partial charge in [-0.1, -0.05) is 12.1 Å². The lowest BCUT2D eigenvalue weighted by atomic mass is 10.1. The molecule has 1 aromatic heterocycles. The fourth-order valence-corrected chi connectivity index (χ4v) is 2.71. The first-order chi connectivity index (χ1) is 11.2. The molecule has 1 amide bonds. The molecule has 0 aliphatic rings. The van der Waals surface area contributed by atoms with Gasteiger partial charge in [0, 0.05) is 26.1 Å². The molecule has 1 aromatic carbocycles. The van der Waals surface area contributed by atoms with Crippen LogP contribution in [-0.4, -0.2) is 44.2 Å². The zero-order valence-electron chi connectivity index (χ0n) is 14.7. The molecule has 1 heterocycles. The molecule has 6 heteroatoms. The van der Waals surface area contributed by atoms with Gasteiger partial charge in [0.15, 0.2) is 0 Å². The number of rotatable bonds is 6. The van der Waals surface area contributed by atoms with Gasteiger partial charge in [-0.25, -0.2) is 4.98 Å². The molecule has 0 atom stereocenters. The van der Waals surface area contributed by atoms with Crippen LogP contribution in [0.15, 0.2) is 29.3 Å². The number of para-hydroxylation sites is 1. The predicted octanol–water partition coefficient (Wildman–Crippen LogP) is 1.71. The van der Waals surface area contributed by atoms with Crippen molar-refractivity contribution in [1.82, 2.24) is 14.5 Å². The molecule has 2 aromatic rings. The van der Waals surface area contributed by atoms with Gasteiger partial charge in [0.1, 0.15) is 0 Å². The van der Waals surface area contributed by atoms with Gasteiger partial charge in [-0.3, -0.25) is 14.2 Å². The van der Waals surface area contributed by atoms with Crippen LogP contribution in [0.2, 0.25) is 0 Å². The lowest BCUT2D eigenvalue weighted by Crippen LogP contribution is -2.42. The van der Waals surface area contributed by atoms with Crippen molar-refractivity contribution in [3.63, 3.8) is 0 Å². The van der Waals surface area contributed by atoms with Crippen molar-refractivity contribution in [1.29, 1.82) is 0 Å². The number of aryl methyl sites for hydroxylation is 2. The lowest BCUT2D eigenvalue weighted by Gasteiger charge is -2.28. The van der Waals surface area contributed by atoms with E-state index in [2.05, 4.69) is 4.98 Å². The van der Waals surface area contributed by atoms with Crippen LogP contribution in [0.25, 0.3) is 10.9 Å². The SMILES string of the molecule is CCN(CC(C)(C)O)C(=O)CCn1cnc2c(C)cccc2c1=O. The summed E-state index contributed by atoms with van der Waals surface area (Å²) in [6, 6.07) is 5.50. The molecule has 0 unspecified atom stereocenters. The third-order valence-corrected chi connectivity index (χ3v) is 3.93. The van der Waals surface area contributed by atoms with Crippen LogP contribution in [-0.2, 0) is 11.3 Å². The van der Waals surface area contributed by atoms with E-state index in [9.17, 15) is 14.7 Å². The Morgan fingerprint density at radius 3 is 2.71 bits per heavy atom. The van der Waals surface area contributed by atoms with Crippen LogP contribution in [0.5, 0.6) is 0 Å². The van der Waals surface area contributed by atoms with E-state index >= 15 is 0 Å². The van der Waals surface area contributed by atoms with Crippen LogP contribution in [0.1, 0.15) is 32.8 Å². The first-order valence-electron chi connectivity index (χ1n) is 8.18. The number of amides is 1. The Morgan fingerprint density at radius 2 is 2.08 bits per heavy atom. The maximum atomic E-state index is 12.5. The van der Waals surface area contributed by atoms with Crippen LogP contribution in [0, 0.1) is 6.92 Å². The molecular weight excluding hydrogens is 306 g/mol. The minimum absolute atomic E-state index is 0.0872. The monoisotopic (exact) mass is 331 g/mol. The number of carbonyl (C=O) groups excluding carboxylic acids is 1. The Kier molecular flexibility index (Phi) is 5.39. The molecule has 0 aliphatic carbocycles. The summed E-state index contributed by atoms with van der Waals surface area (Å²) in [6.45, 7) is 8.19. The Bertz CT molecular complexity index is 790. The number of aliphatic hydroxyl groups is 1. The van der Waals surface area contributed by atoms with Gasteiger partial charge in [-0.05, 0) is 39.3 Å². The first-order valence-corrected chi connectivity index (χ1v) is 8.18. The Labute approximate surface area is 141 Å². The number of fused-ring (bicyclic) bond motifs is 1. The first kappa shape index (κ1) is 18.1. The van der Waals surface area contributed by atoms with E-state index in [1.165, 1.54) is 10.9 Å². The number of carbonyl (C=O) groups is 1. The van der Waals surface area contributed by atoms with Gasteiger partial charge in [-0.15, -0.1) is 0 Å². The van der Waals surface area contributed by atoms with Crippen molar-refractivity contribution < 1.29 is 9.90 Å². The molecule has 0 aliphatic heterocycles. The number of hydrogen-bond acceptors (Lipinski definition) is 4. The van der Waals surface area contributed by atoms with Crippen molar-refractivity contribution in [2.24, 2.45) is 0 Å². The average molecular weight is 331 g/mol. The van der Waals surface area contributed by atoms with Gasteiger partial charge < -0.3 is 10.0 Å². The van der Waals surface area contributed by atoms with E-state index in [1.54, 1.807) is 24.8 Å².